The molecule has 0 bridgehead atoms. The highest BCUT2D eigenvalue weighted by molar-refractivity contribution is 7.08. The van der Waals surface area contributed by atoms with Gasteiger partial charge in [-0.15, -0.1) is 0 Å². The van der Waals surface area contributed by atoms with E-state index in [0.29, 0.717) is 10.9 Å². The number of phenolic OH excluding ortho intramolecular Hbond substituents is 1. The highest BCUT2D eigenvalue weighted by Gasteiger charge is 2.13. The molecule has 0 amide bonds. The topological polar surface area (TPSA) is 50.4 Å². The maximum absolute atomic E-state index is 13.6. The van der Waals surface area contributed by atoms with Crippen LogP contribution in [0.3, 0.4) is 0 Å². The minimum Gasteiger partial charge on any atom is -0.505 e. The third-order valence-electron chi connectivity index (χ3n) is 2.65. The fourth-order valence-corrected chi connectivity index (χ4v) is 2.41. The van der Waals surface area contributed by atoms with Gasteiger partial charge in [-0.05, 0) is 40.6 Å². The third kappa shape index (κ3) is 1.60. The molecule has 3 rings (SSSR count). The summed E-state index contributed by atoms with van der Waals surface area (Å²) in [7, 11) is 0. The number of rotatable bonds is 1. The summed E-state index contributed by atoms with van der Waals surface area (Å²) in [4.78, 5) is 11.8. The van der Waals surface area contributed by atoms with Gasteiger partial charge in [0.2, 0.25) is 5.82 Å². The smallest absolute Gasteiger partial charge is 0.344 e. The molecule has 0 aliphatic heterocycles. The van der Waals surface area contributed by atoms with Gasteiger partial charge in [-0.3, -0.25) is 0 Å². The number of aromatic hydroxyl groups is 1. The second-order valence-electron chi connectivity index (χ2n) is 3.78. The van der Waals surface area contributed by atoms with Crippen molar-refractivity contribution in [1.82, 2.24) is 0 Å². The SMILES string of the molecule is O=c1oc2c(F)c(O)ccc2cc1-c1ccsc1. The van der Waals surface area contributed by atoms with Crippen LogP contribution in [-0.2, 0) is 0 Å². The molecule has 0 spiro atoms. The van der Waals surface area contributed by atoms with Gasteiger partial charge in [-0.2, -0.15) is 15.7 Å². The summed E-state index contributed by atoms with van der Waals surface area (Å²) in [5.74, 6) is -1.45. The summed E-state index contributed by atoms with van der Waals surface area (Å²) in [6, 6.07) is 6.09. The number of thiophene rings is 1. The van der Waals surface area contributed by atoms with Crippen LogP contribution in [0.5, 0.6) is 5.75 Å². The first-order chi connectivity index (χ1) is 8.66. The second-order valence-corrected chi connectivity index (χ2v) is 4.56. The zero-order chi connectivity index (χ0) is 12.7. The van der Waals surface area contributed by atoms with E-state index in [0.717, 1.165) is 5.56 Å². The minimum absolute atomic E-state index is 0.223. The van der Waals surface area contributed by atoms with Crippen molar-refractivity contribution in [1.29, 1.82) is 0 Å². The predicted molar refractivity (Wildman–Crippen MR) is 67.4 cm³/mol. The first-order valence-electron chi connectivity index (χ1n) is 5.15. The van der Waals surface area contributed by atoms with E-state index >= 15 is 0 Å². The maximum atomic E-state index is 13.6. The molecule has 0 aliphatic rings. The number of hydrogen-bond acceptors (Lipinski definition) is 4. The number of fused-ring (bicyclic) bond motifs is 1. The molecule has 1 N–H and O–H groups in total. The van der Waals surface area contributed by atoms with E-state index in [4.69, 9.17) is 4.42 Å². The lowest BCUT2D eigenvalue weighted by atomic mass is 10.1. The molecule has 0 saturated heterocycles. The van der Waals surface area contributed by atoms with Crippen LogP contribution >= 0.6 is 11.3 Å². The number of halogens is 1. The highest BCUT2D eigenvalue weighted by atomic mass is 32.1. The van der Waals surface area contributed by atoms with Crippen molar-refractivity contribution in [2.45, 2.75) is 0 Å². The zero-order valence-electron chi connectivity index (χ0n) is 9.01. The molecule has 18 heavy (non-hydrogen) atoms. The first kappa shape index (κ1) is 11.0. The van der Waals surface area contributed by atoms with Crippen molar-refractivity contribution in [2.24, 2.45) is 0 Å². The van der Waals surface area contributed by atoms with E-state index in [9.17, 15) is 14.3 Å². The summed E-state index contributed by atoms with van der Waals surface area (Å²) in [6.45, 7) is 0. The monoisotopic (exact) mass is 262 g/mol. The van der Waals surface area contributed by atoms with Crippen molar-refractivity contribution >= 4 is 22.3 Å². The second kappa shape index (κ2) is 3.96. The molecular formula is C13H7FO3S. The van der Waals surface area contributed by atoms with Gasteiger partial charge in [0.15, 0.2) is 11.3 Å². The Morgan fingerprint density at radius 1 is 1.28 bits per heavy atom. The van der Waals surface area contributed by atoms with E-state index in [1.165, 1.54) is 23.5 Å². The Labute approximate surface area is 105 Å². The van der Waals surface area contributed by atoms with Gasteiger partial charge in [0.1, 0.15) is 0 Å². The molecule has 5 heteroatoms. The largest absolute Gasteiger partial charge is 0.505 e. The van der Waals surface area contributed by atoms with Crippen molar-refractivity contribution in [3.8, 4) is 16.9 Å². The molecule has 0 saturated carbocycles. The van der Waals surface area contributed by atoms with E-state index in [-0.39, 0.29) is 5.58 Å². The molecule has 3 nitrogen and oxygen atoms in total. The number of benzene rings is 1. The van der Waals surface area contributed by atoms with Crippen LogP contribution in [-0.4, -0.2) is 5.11 Å². The highest BCUT2D eigenvalue weighted by Crippen LogP contribution is 2.27. The van der Waals surface area contributed by atoms with E-state index < -0.39 is 17.2 Å². The Bertz CT molecular complexity index is 775. The van der Waals surface area contributed by atoms with Gasteiger partial charge in [-0.25, -0.2) is 4.79 Å². The van der Waals surface area contributed by atoms with E-state index in [1.807, 2.05) is 10.8 Å². The number of hydrogen-bond donors (Lipinski definition) is 1. The number of phenols is 1. The van der Waals surface area contributed by atoms with Crippen molar-refractivity contribution in [2.75, 3.05) is 0 Å². The Balaban J connectivity index is 2.36. The Hall–Kier alpha value is -2.14. The van der Waals surface area contributed by atoms with Crippen LogP contribution in [0.15, 0.2) is 44.2 Å². The van der Waals surface area contributed by atoms with Gasteiger partial charge >= 0.3 is 5.63 Å². The molecule has 0 fully saturated rings. The van der Waals surface area contributed by atoms with Gasteiger partial charge in [-0.1, -0.05) is 0 Å². The average Bonchev–Trinajstić information content (AvgIpc) is 2.88. The summed E-state index contributed by atoms with van der Waals surface area (Å²) in [5.41, 5.74) is 0.280. The summed E-state index contributed by atoms with van der Waals surface area (Å²) in [6.07, 6.45) is 0. The van der Waals surface area contributed by atoms with Gasteiger partial charge in [0, 0.05) is 5.39 Å². The van der Waals surface area contributed by atoms with E-state index in [2.05, 4.69) is 0 Å². The molecule has 0 unspecified atom stereocenters. The van der Waals surface area contributed by atoms with Crippen LogP contribution in [0.2, 0.25) is 0 Å². The van der Waals surface area contributed by atoms with Crippen LogP contribution in [0, 0.1) is 5.82 Å². The molecule has 1 aromatic carbocycles. The van der Waals surface area contributed by atoms with Crippen LogP contribution in [0.1, 0.15) is 0 Å². The van der Waals surface area contributed by atoms with E-state index in [1.54, 1.807) is 12.1 Å². The third-order valence-corrected chi connectivity index (χ3v) is 3.34. The quantitative estimate of drug-likeness (QED) is 0.684. The van der Waals surface area contributed by atoms with Crippen LogP contribution in [0.4, 0.5) is 4.39 Å². The first-order valence-corrected chi connectivity index (χ1v) is 6.09. The summed E-state index contributed by atoms with van der Waals surface area (Å²) in [5, 5.41) is 13.3. The molecule has 2 aromatic heterocycles. The fraction of sp³-hybridized carbons (Fsp3) is 0. The Kier molecular flexibility index (Phi) is 2.41. The average molecular weight is 262 g/mol. The molecule has 0 atom stereocenters. The standard InChI is InChI=1S/C13H7FO3S/c14-11-10(15)2-1-7-5-9(8-3-4-18-6-8)13(16)17-12(7)11/h1-6,15H. The molecule has 90 valence electrons. The van der Waals surface area contributed by atoms with Crippen molar-refractivity contribution < 1.29 is 13.9 Å². The molecule has 2 heterocycles. The van der Waals surface area contributed by atoms with Crippen LogP contribution in [0.25, 0.3) is 22.1 Å². The van der Waals surface area contributed by atoms with Crippen molar-refractivity contribution in [3.63, 3.8) is 0 Å². The lowest BCUT2D eigenvalue weighted by molar-refractivity contribution is 0.425. The minimum atomic E-state index is -0.915. The van der Waals surface area contributed by atoms with Gasteiger partial charge in [0.25, 0.3) is 0 Å². The summed E-state index contributed by atoms with van der Waals surface area (Å²) < 4.78 is 18.5. The van der Waals surface area contributed by atoms with Crippen molar-refractivity contribution in [3.05, 3.63) is 51.3 Å². The Morgan fingerprint density at radius 2 is 2.11 bits per heavy atom. The lowest BCUT2D eigenvalue weighted by Gasteiger charge is -2.02. The summed E-state index contributed by atoms with van der Waals surface area (Å²) >= 11 is 1.46. The molecule has 0 radical (unpaired) electrons. The predicted octanol–water partition coefficient (Wildman–Crippen LogP) is 3.37. The zero-order valence-corrected chi connectivity index (χ0v) is 9.83. The molecule has 0 aliphatic carbocycles. The van der Waals surface area contributed by atoms with Crippen LogP contribution < -0.4 is 5.63 Å². The normalized spacial score (nSPS) is 10.9. The molecule has 3 aromatic rings. The van der Waals surface area contributed by atoms with Gasteiger partial charge < -0.3 is 9.52 Å². The lowest BCUT2D eigenvalue weighted by Crippen LogP contribution is -2.02. The maximum Gasteiger partial charge on any atom is 0.344 e. The van der Waals surface area contributed by atoms with Gasteiger partial charge in [0.05, 0.1) is 5.56 Å². The fourth-order valence-electron chi connectivity index (χ4n) is 1.76. The Morgan fingerprint density at radius 3 is 2.83 bits per heavy atom. The molecular weight excluding hydrogens is 255 g/mol.